The maximum atomic E-state index is 13.0. The van der Waals surface area contributed by atoms with Crippen molar-refractivity contribution in [2.45, 2.75) is 13.0 Å². The molecule has 1 saturated heterocycles. The van der Waals surface area contributed by atoms with Crippen LogP contribution in [0.4, 0.5) is 5.69 Å². The Hall–Kier alpha value is -3.35. The first-order valence-electron chi connectivity index (χ1n) is 9.71. The van der Waals surface area contributed by atoms with Gasteiger partial charge in [0.1, 0.15) is 5.75 Å². The summed E-state index contributed by atoms with van der Waals surface area (Å²) in [5.41, 5.74) is 1.33. The molecule has 0 radical (unpaired) electrons. The Bertz CT molecular complexity index is 923. The highest BCUT2D eigenvalue weighted by atomic mass is 16.5. The summed E-state index contributed by atoms with van der Waals surface area (Å²) in [5, 5.41) is 0. The van der Waals surface area contributed by atoms with Crippen molar-refractivity contribution in [1.82, 2.24) is 9.80 Å². The van der Waals surface area contributed by atoms with Crippen molar-refractivity contribution < 1.29 is 19.1 Å². The third-order valence-corrected chi connectivity index (χ3v) is 5.33. The predicted molar refractivity (Wildman–Crippen MR) is 108 cm³/mol. The zero-order chi connectivity index (χ0) is 20.4. The monoisotopic (exact) mass is 393 g/mol. The van der Waals surface area contributed by atoms with Gasteiger partial charge >= 0.3 is 0 Å². The van der Waals surface area contributed by atoms with Crippen molar-refractivity contribution >= 4 is 23.4 Å². The molecule has 150 valence electrons. The number of nitrogens with zero attached hydrogens (tertiary/aromatic N) is 3. The molecule has 0 spiro atoms. The zero-order valence-corrected chi connectivity index (χ0v) is 16.3. The molecule has 2 heterocycles. The van der Waals surface area contributed by atoms with E-state index in [4.69, 9.17) is 4.74 Å². The fourth-order valence-corrected chi connectivity index (χ4v) is 3.76. The van der Waals surface area contributed by atoms with Gasteiger partial charge < -0.3 is 19.4 Å². The van der Waals surface area contributed by atoms with E-state index in [-0.39, 0.29) is 24.3 Å². The third-order valence-electron chi connectivity index (χ3n) is 5.33. The molecule has 0 aromatic heterocycles. The van der Waals surface area contributed by atoms with Gasteiger partial charge in [-0.05, 0) is 24.3 Å². The quantitative estimate of drug-likeness (QED) is 0.780. The molecule has 2 aromatic rings. The normalized spacial score (nSPS) is 18.7. The molecule has 1 atom stereocenters. The molecule has 4 rings (SSSR count). The average Bonchev–Trinajstić information content (AvgIpc) is 2.78. The summed E-state index contributed by atoms with van der Waals surface area (Å²) in [6, 6.07) is 16.4. The lowest BCUT2D eigenvalue weighted by molar-refractivity contribution is -0.140. The van der Waals surface area contributed by atoms with Crippen molar-refractivity contribution in [3.05, 3.63) is 60.2 Å². The lowest BCUT2D eigenvalue weighted by Crippen LogP contribution is -2.56. The SMILES string of the molecule is CC(=O)N1C[C@H](C(=O)N2CCN(C(=O)c3ccccc3)CC2)Oc2ccccc21. The summed E-state index contributed by atoms with van der Waals surface area (Å²) in [7, 11) is 0. The van der Waals surface area contributed by atoms with Crippen molar-refractivity contribution in [3.8, 4) is 5.75 Å². The number of anilines is 1. The summed E-state index contributed by atoms with van der Waals surface area (Å²) < 4.78 is 5.91. The van der Waals surface area contributed by atoms with E-state index in [9.17, 15) is 14.4 Å². The van der Waals surface area contributed by atoms with Crippen LogP contribution in [-0.4, -0.2) is 66.3 Å². The first-order chi connectivity index (χ1) is 14.0. The molecule has 3 amide bonds. The van der Waals surface area contributed by atoms with E-state index in [1.54, 1.807) is 32.9 Å². The van der Waals surface area contributed by atoms with Crippen LogP contribution in [0.25, 0.3) is 0 Å². The zero-order valence-electron chi connectivity index (χ0n) is 16.3. The molecule has 7 heteroatoms. The van der Waals surface area contributed by atoms with Gasteiger partial charge in [0, 0.05) is 38.7 Å². The summed E-state index contributed by atoms with van der Waals surface area (Å²) in [6.07, 6.45) is -0.745. The lowest BCUT2D eigenvalue weighted by Gasteiger charge is -2.39. The number of hydrogen-bond acceptors (Lipinski definition) is 4. The highest BCUT2D eigenvalue weighted by Gasteiger charge is 2.36. The maximum absolute atomic E-state index is 13.0. The van der Waals surface area contributed by atoms with Gasteiger partial charge in [0.05, 0.1) is 12.2 Å². The largest absolute Gasteiger partial charge is 0.476 e. The highest BCUT2D eigenvalue weighted by molar-refractivity contribution is 5.96. The van der Waals surface area contributed by atoms with Gasteiger partial charge in [0.2, 0.25) is 5.91 Å². The second kappa shape index (κ2) is 7.95. The minimum absolute atomic E-state index is 0.0247. The Labute approximate surface area is 169 Å². The molecule has 1 fully saturated rings. The van der Waals surface area contributed by atoms with Gasteiger partial charge in [0.15, 0.2) is 6.10 Å². The Morgan fingerprint density at radius 1 is 0.862 bits per heavy atom. The van der Waals surface area contributed by atoms with E-state index < -0.39 is 6.10 Å². The minimum Gasteiger partial charge on any atom is -0.476 e. The molecule has 0 unspecified atom stereocenters. The van der Waals surface area contributed by atoms with Crippen LogP contribution in [0.5, 0.6) is 5.75 Å². The van der Waals surface area contributed by atoms with Gasteiger partial charge in [-0.1, -0.05) is 30.3 Å². The Kier molecular flexibility index (Phi) is 5.20. The van der Waals surface area contributed by atoms with E-state index in [0.717, 1.165) is 0 Å². The number of amides is 3. The van der Waals surface area contributed by atoms with Gasteiger partial charge in [-0.15, -0.1) is 0 Å². The Morgan fingerprint density at radius 2 is 1.48 bits per heavy atom. The van der Waals surface area contributed by atoms with E-state index in [1.165, 1.54) is 6.92 Å². The number of benzene rings is 2. The van der Waals surface area contributed by atoms with Crippen LogP contribution in [0.2, 0.25) is 0 Å². The molecule has 2 aliphatic rings. The average molecular weight is 393 g/mol. The smallest absolute Gasteiger partial charge is 0.265 e. The van der Waals surface area contributed by atoms with Crippen molar-refractivity contribution in [1.29, 1.82) is 0 Å². The number of carbonyl (C=O) groups is 3. The minimum atomic E-state index is -0.745. The van der Waals surface area contributed by atoms with E-state index in [0.29, 0.717) is 43.2 Å². The van der Waals surface area contributed by atoms with Crippen LogP contribution in [0.3, 0.4) is 0 Å². The van der Waals surface area contributed by atoms with Crippen LogP contribution in [0.1, 0.15) is 17.3 Å². The molecule has 0 aliphatic carbocycles. The Balaban J connectivity index is 1.41. The number of hydrogen-bond donors (Lipinski definition) is 0. The summed E-state index contributed by atoms with van der Waals surface area (Å²) in [5.74, 6) is 0.225. The summed E-state index contributed by atoms with van der Waals surface area (Å²) >= 11 is 0. The predicted octanol–water partition coefficient (Wildman–Crippen LogP) is 1.79. The van der Waals surface area contributed by atoms with Crippen LogP contribution in [0.15, 0.2) is 54.6 Å². The van der Waals surface area contributed by atoms with Gasteiger partial charge in [-0.2, -0.15) is 0 Å². The fourth-order valence-electron chi connectivity index (χ4n) is 3.76. The molecule has 0 saturated carbocycles. The number of ether oxygens (including phenoxy) is 1. The molecule has 7 nitrogen and oxygen atoms in total. The first kappa shape index (κ1) is 19.0. The Morgan fingerprint density at radius 3 is 2.17 bits per heavy atom. The number of fused-ring (bicyclic) bond motifs is 1. The van der Waals surface area contributed by atoms with E-state index in [2.05, 4.69) is 0 Å². The third kappa shape index (κ3) is 3.81. The molecular formula is C22H23N3O4. The molecular weight excluding hydrogens is 370 g/mol. The molecule has 29 heavy (non-hydrogen) atoms. The maximum Gasteiger partial charge on any atom is 0.265 e. The second-order valence-electron chi connectivity index (χ2n) is 7.19. The second-order valence-corrected chi connectivity index (χ2v) is 7.19. The molecule has 2 aromatic carbocycles. The van der Waals surface area contributed by atoms with Gasteiger partial charge in [-0.25, -0.2) is 0 Å². The fraction of sp³-hybridized carbons (Fsp3) is 0.318. The molecule has 2 aliphatic heterocycles. The topological polar surface area (TPSA) is 70.2 Å². The highest BCUT2D eigenvalue weighted by Crippen LogP contribution is 2.33. The summed E-state index contributed by atoms with van der Waals surface area (Å²) in [6.45, 7) is 3.50. The standard InChI is InChI=1S/C22H23N3O4/c1-16(26)25-15-20(29-19-10-6-5-9-18(19)25)22(28)24-13-11-23(12-14-24)21(27)17-7-3-2-4-8-17/h2-10,20H,11-15H2,1H3/t20-/m1/s1. The van der Waals surface area contributed by atoms with E-state index >= 15 is 0 Å². The molecule has 0 bridgehead atoms. The van der Waals surface area contributed by atoms with Crippen LogP contribution >= 0.6 is 0 Å². The van der Waals surface area contributed by atoms with Gasteiger partial charge in [0.25, 0.3) is 11.8 Å². The first-order valence-corrected chi connectivity index (χ1v) is 9.71. The number of carbonyl (C=O) groups excluding carboxylic acids is 3. The van der Waals surface area contributed by atoms with Crippen molar-refractivity contribution in [2.75, 3.05) is 37.6 Å². The number of piperazine rings is 1. The molecule has 0 N–H and O–H groups in total. The van der Waals surface area contributed by atoms with Crippen LogP contribution in [-0.2, 0) is 9.59 Å². The van der Waals surface area contributed by atoms with E-state index in [1.807, 2.05) is 36.4 Å². The van der Waals surface area contributed by atoms with Crippen molar-refractivity contribution in [2.24, 2.45) is 0 Å². The van der Waals surface area contributed by atoms with Crippen LogP contribution in [0, 0.1) is 0 Å². The van der Waals surface area contributed by atoms with Gasteiger partial charge in [-0.3, -0.25) is 14.4 Å². The summed E-state index contributed by atoms with van der Waals surface area (Å²) in [4.78, 5) is 42.7. The van der Waals surface area contributed by atoms with Crippen molar-refractivity contribution in [3.63, 3.8) is 0 Å². The lowest BCUT2D eigenvalue weighted by atomic mass is 10.1. The number of para-hydroxylation sites is 2. The number of rotatable bonds is 2. The van der Waals surface area contributed by atoms with Crippen LogP contribution < -0.4 is 9.64 Å².